The van der Waals surface area contributed by atoms with Crippen LogP contribution in [0.4, 0.5) is 10.1 Å². The average molecular weight is 441 g/mol. The van der Waals surface area contributed by atoms with E-state index in [1.54, 1.807) is 31.4 Å². The number of methoxy groups -OCH3 is 1. The molecule has 1 aromatic heterocycles. The summed E-state index contributed by atoms with van der Waals surface area (Å²) in [5.41, 5.74) is 1.11. The van der Waals surface area contributed by atoms with Crippen LogP contribution in [0.3, 0.4) is 0 Å². The van der Waals surface area contributed by atoms with E-state index in [1.807, 2.05) is 22.8 Å². The van der Waals surface area contributed by atoms with Gasteiger partial charge in [-0.15, -0.1) is 10.2 Å². The quantitative estimate of drug-likeness (QED) is 0.503. The lowest BCUT2D eigenvalue weighted by Crippen LogP contribution is -2.17. The summed E-state index contributed by atoms with van der Waals surface area (Å²) in [6.07, 6.45) is 5.46. The molecule has 0 atom stereocenters. The van der Waals surface area contributed by atoms with Crippen molar-refractivity contribution in [1.29, 1.82) is 0 Å². The fraction of sp³-hybridized carbons (Fsp3) is 0.348. The summed E-state index contributed by atoms with van der Waals surface area (Å²) < 4.78 is 21.7. The Morgan fingerprint density at radius 3 is 2.74 bits per heavy atom. The van der Waals surface area contributed by atoms with E-state index in [1.165, 1.54) is 24.2 Å². The smallest absolute Gasteiger partial charge is 0.234 e. The summed E-state index contributed by atoms with van der Waals surface area (Å²) in [4.78, 5) is 12.5. The Hall–Kier alpha value is -2.87. The third-order valence-electron chi connectivity index (χ3n) is 5.40. The molecule has 1 saturated carbocycles. The van der Waals surface area contributed by atoms with Gasteiger partial charge in [0.25, 0.3) is 0 Å². The molecular formula is C23H25FN4O2S. The van der Waals surface area contributed by atoms with Gasteiger partial charge in [0.2, 0.25) is 5.91 Å². The van der Waals surface area contributed by atoms with Crippen LogP contribution in [0.25, 0.3) is 11.4 Å². The first-order valence-corrected chi connectivity index (χ1v) is 11.4. The minimum atomic E-state index is -0.320. The maximum Gasteiger partial charge on any atom is 0.234 e. The Morgan fingerprint density at radius 1 is 1.16 bits per heavy atom. The van der Waals surface area contributed by atoms with Crippen LogP contribution in [-0.2, 0) is 4.79 Å². The van der Waals surface area contributed by atoms with Crippen molar-refractivity contribution in [1.82, 2.24) is 14.8 Å². The van der Waals surface area contributed by atoms with E-state index in [2.05, 4.69) is 15.5 Å². The zero-order valence-corrected chi connectivity index (χ0v) is 18.2. The zero-order valence-electron chi connectivity index (χ0n) is 17.4. The van der Waals surface area contributed by atoms with Gasteiger partial charge in [0, 0.05) is 17.8 Å². The second-order valence-corrected chi connectivity index (χ2v) is 8.46. The van der Waals surface area contributed by atoms with Gasteiger partial charge in [-0.05, 0) is 37.1 Å². The number of carbonyl (C=O) groups is 1. The number of benzene rings is 2. The molecule has 1 aliphatic rings. The molecule has 0 saturated heterocycles. The van der Waals surface area contributed by atoms with E-state index < -0.39 is 0 Å². The second-order valence-electron chi connectivity index (χ2n) is 7.52. The van der Waals surface area contributed by atoms with Crippen LogP contribution < -0.4 is 10.1 Å². The molecule has 2 aromatic carbocycles. The van der Waals surface area contributed by atoms with Gasteiger partial charge in [0.1, 0.15) is 11.6 Å². The first-order valence-electron chi connectivity index (χ1n) is 10.4. The van der Waals surface area contributed by atoms with Gasteiger partial charge in [0.15, 0.2) is 11.0 Å². The summed E-state index contributed by atoms with van der Waals surface area (Å²) in [5, 5.41) is 12.2. The van der Waals surface area contributed by atoms with Crippen LogP contribution in [0.15, 0.2) is 53.7 Å². The average Bonchev–Trinajstić information content (AvgIpc) is 3.22. The molecule has 0 aliphatic heterocycles. The third-order valence-corrected chi connectivity index (χ3v) is 6.35. The second kappa shape index (κ2) is 9.96. The topological polar surface area (TPSA) is 69.0 Å². The molecule has 4 rings (SSSR count). The van der Waals surface area contributed by atoms with Crippen LogP contribution >= 0.6 is 11.8 Å². The van der Waals surface area contributed by atoms with Crippen molar-refractivity contribution in [3.05, 3.63) is 54.3 Å². The molecule has 0 unspecified atom stereocenters. The number of thioether (sulfide) groups is 1. The zero-order chi connectivity index (χ0) is 21.6. The van der Waals surface area contributed by atoms with Gasteiger partial charge in [-0.25, -0.2) is 4.39 Å². The summed E-state index contributed by atoms with van der Waals surface area (Å²) in [6, 6.07) is 14.1. The van der Waals surface area contributed by atoms with Gasteiger partial charge in [-0.3, -0.25) is 9.36 Å². The van der Waals surface area contributed by atoms with Crippen molar-refractivity contribution in [3.8, 4) is 17.1 Å². The van der Waals surface area contributed by atoms with Gasteiger partial charge in [-0.2, -0.15) is 0 Å². The van der Waals surface area contributed by atoms with Crippen molar-refractivity contribution in [2.24, 2.45) is 0 Å². The number of aromatic nitrogens is 3. The molecule has 1 fully saturated rings. The highest BCUT2D eigenvalue weighted by Gasteiger charge is 2.25. The Bertz CT molecular complexity index is 1050. The molecular weight excluding hydrogens is 415 g/mol. The number of nitrogens with one attached hydrogen (secondary N) is 1. The Labute approximate surface area is 185 Å². The van der Waals surface area contributed by atoms with Crippen molar-refractivity contribution in [2.45, 2.75) is 43.3 Å². The number of rotatable bonds is 7. The number of anilines is 1. The maximum absolute atomic E-state index is 14.5. The Kier molecular flexibility index (Phi) is 6.86. The maximum atomic E-state index is 14.5. The number of carbonyl (C=O) groups excluding carboxylic acids is 1. The van der Waals surface area contributed by atoms with E-state index in [0.29, 0.717) is 28.0 Å². The monoisotopic (exact) mass is 440 g/mol. The summed E-state index contributed by atoms with van der Waals surface area (Å²) in [5.74, 6) is 0.917. The van der Waals surface area contributed by atoms with Crippen molar-refractivity contribution < 1.29 is 13.9 Å². The molecule has 3 aromatic rings. The standard InChI is InChI=1S/C23H25FN4O2S/c1-30-18-11-7-8-16(14-18)25-21(29)15-31-23-27-26-22(19-12-5-6-13-20(19)24)28(23)17-9-3-2-4-10-17/h5-8,11-14,17H,2-4,9-10,15H2,1H3,(H,25,29). The third kappa shape index (κ3) is 5.07. The Morgan fingerprint density at radius 2 is 1.97 bits per heavy atom. The molecule has 0 bridgehead atoms. The van der Waals surface area contributed by atoms with E-state index >= 15 is 0 Å². The summed E-state index contributed by atoms with van der Waals surface area (Å²) in [7, 11) is 1.59. The summed E-state index contributed by atoms with van der Waals surface area (Å²) >= 11 is 1.32. The molecule has 1 N–H and O–H groups in total. The number of amides is 1. The molecule has 31 heavy (non-hydrogen) atoms. The van der Waals surface area contributed by atoms with Crippen LogP contribution in [0.1, 0.15) is 38.1 Å². The predicted octanol–water partition coefficient (Wildman–Crippen LogP) is 5.33. The SMILES string of the molecule is COc1cccc(NC(=O)CSc2nnc(-c3ccccc3F)n2C2CCCCC2)c1. The number of hydrogen-bond donors (Lipinski definition) is 1. The largest absolute Gasteiger partial charge is 0.497 e. The highest BCUT2D eigenvalue weighted by atomic mass is 32.2. The van der Waals surface area contributed by atoms with Gasteiger partial charge in [0.05, 0.1) is 18.4 Å². The van der Waals surface area contributed by atoms with Gasteiger partial charge < -0.3 is 10.1 Å². The highest BCUT2D eigenvalue weighted by molar-refractivity contribution is 7.99. The van der Waals surface area contributed by atoms with Crippen LogP contribution in [0.5, 0.6) is 5.75 Å². The fourth-order valence-electron chi connectivity index (χ4n) is 3.90. The van der Waals surface area contributed by atoms with E-state index in [-0.39, 0.29) is 23.5 Å². The molecule has 0 spiro atoms. The molecule has 1 amide bonds. The van der Waals surface area contributed by atoms with Gasteiger partial charge in [-0.1, -0.05) is 49.2 Å². The van der Waals surface area contributed by atoms with Crippen LogP contribution in [0, 0.1) is 5.82 Å². The van der Waals surface area contributed by atoms with Crippen LogP contribution in [0.2, 0.25) is 0 Å². The first-order chi connectivity index (χ1) is 15.2. The lowest BCUT2D eigenvalue weighted by Gasteiger charge is -2.25. The lowest BCUT2D eigenvalue weighted by molar-refractivity contribution is -0.113. The highest BCUT2D eigenvalue weighted by Crippen LogP contribution is 2.36. The lowest BCUT2D eigenvalue weighted by atomic mass is 9.95. The molecule has 1 aliphatic carbocycles. The predicted molar refractivity (Wildman–Crippen MR) is 120 cm³/mol. The molecule has 1 heterocycles. The minimum absolute atomic E-state index is 0.149. The molecule has 162 valence electrons. The molecule has 6 nitrogen and oxygen atoms in total. The first kappa shape index (κ1) is 21.4. The van der Waals surface area contributed by atoms with E-state index in [9.17, 15) is 9.18 Å². The minimum Gasteiger partial charge on any atom is -0.497 e. The van der Waals surface area contributed by atoms with E-state index in [4.69, 9.17) is 4.74 Å². The van der Waals surface area contributed by atoms with Crippen molar-refractivity contribution >= 4 is 23.4 Å². The Balaban J connectivity index is 1.53. The van der Waals surface area contributed by atoms with Crippen molar-refractivity contribution in [2.75, 3.05) is 18.2 Å². The number of hydrogen-bond acceptors (Lipinski definition) is 5. The van der Waals surface area contributed by atoms with E-state index in [0.717, 1.165) is 25.7 Å². The molecule has 8 heteroatoms. The summed E-state index contributed by atoms with van der Waals surface area (Å²) in [6.45, 7) is 0. The van der Waals surface area contributed by atoms with Crippen molar-refractivity contribution in [3.63, 3.8) is 0 Å². The number of ether oxygens (including phenoxy) is 1. The van der Waals surface area contributed by atoms with Gasteiger partial charge >= 0.3 is 0 Å². The van der Waals surface area contributed by atoms with Crippen LogP contribution in [-0.4, -0.2) is 33.5 Å². The normalized spacial score (nSPS) is 14.4. The fourth-order valence-corrected chi connectivity index (χ4v) is 4.70. The number of nitrogens with zero attached hydrogens (tertiary/aromatic N) is 3. The number of halogens is 1. The molecule has 0 radical (unpaired) electrons.